The van der Waals surface area contributed by atoms with Gasteiger partial charge in [0.2, 0.25) is 0 Å². The number of rotatable bonds is 1. The van der Waals surface area contributed by atoms with Crippen LogP contribution in [0.15, 0.2) is 12.7 Å². The SMILES string of the molecule is CC(S)n1cnc2c(N)ncnc21. The van der Waals surface area contributed by atoms with Crippen molar-refractivity contribution in [1.29, 1.82) is 0 Å². The number of anilines is 1. The Kier molecular flexibility index (Phi) is 1.84. The molecule has 0 aliphatic heterocycles. The maximum absolute atomic E-state index is 5.62. The molecule has 0 amide bonds. The van der Waals surface area contributed by atoms with Crippen molar-refractivity contribution < 1.29 is 0 Å². The van der Waals surface area contributed by atoms with Gasteiger partial charge in [0.15, 0.2) is 11.5 Å². The lowest BCUT2D eigenvalue weighted by Gasteiger charge is -2.05. The Morgan fingerprint density at radius 3 is 2.92 bits per heavy atom. The topological polar surface area (TPSA) is 69.6 Å². The van der Waals surface area contributed by atoms with E-state index in [1.165, 1.54) is 6.33 Å². The molecule has 0 bridgehead atoms. The van der Waals surface area contributed by atoms with Crippen molar-refractivity contribution in [3.05, 3.63) is 12.7 Å². The molecular weight excluding hydrogens is 186 g/mol. The minimum atomic E-state index is 0.0271. The number of nitrogens with two attached hydrogens (primary N) is 1. The Labute approximate surface area is 80.4 Å². The van der Waals surface area contributed by atoms with Crippen molar-refractivity contribution in [2.75, 3.05) is 5.73 Å². The summed E-state index contributed by atoms with van der Waals surface area (Å²) in [5.74, 6) is 0.401. The highest BCUT2D eigenvalue weighted by atomic mass is 32.1. The van der Waals surface area contributed by atoms with Crippen molar-refractivity contribution in [3.8, 4) is 0 Å². The van der Waals surface area contributed by atoms with Crippen molar-refractivity contribution in [1.82, 2.24) is 19.5 Å². The number of imidazole rings is 1. The second-order valence-electron chi connectivity index (χ2n) is 2.71. The number of fused-ring (bicyclic) bond motifs is 1. The minimum Gasteiger partial charge on any atom is -0.382 e. The highest BCUT2D eigenvalue weighted by molar-refractivity contribution is 7.80. The zero-order valence-electron chi connectivity index (χ0n) is 7.05. The summed E-state index contributed by atoms with van der Waals surface area (Å²) in [5.41, 5.74) is 6.96. The van der Waals surface area contributed by atoms with Gasteiger partial charge in [-0.2, -0.15) is 12.6 Å². The van der Waals surface area contributed by atoms with Gasteiger partial charge in [-0.3, -0.25) is 0 Å². The summed E-state index contributed by atoms with van der Waals surface area (Å²) in [6.45, 7) is 1.93. The third-order valence-corrected chi connectivity index (χ3v) is 2.04. The molecule has 2 aromatic heterocycles. The van der Waals surface area contributed by atoms with Crippen LogP contribution in [0.1, 0.15) is 12.3 Å². The molecule has 2 rings (SSSR count). The number of nitrogen functional groups attached to an aromatic ring is 1. The predicted molar refractivity (Wildman–Crippen MR) is 53.4 cm³/mol. The van der Waals surface area contributed by atoms with Crippen LogP contribution >= 0.6 is 12.6 Å². The highest BCUT2D eigenvalue weighted by Gasteiger charge is 2.09. The van der Waals surface area contributed by atoms with Gasteiger partial charge in [0, 0.05) is 0 Å². The molecule has 2 N–H and O–H groups in total. The molecule has 1 unspecified atom stereocenters. The molecule has 0 aliphatic carbocycles. The van der Waals surface area contributed by atoms with E-state index in [-0.39, 0.29) is 5.37 Å². The number of nitrogens with zero attached hydrogens (tertiary/aromatic N) is 4. The molecule has 0 saturated heterocycles. The van der Waals surface area contributed by atoms with Crippen molar-refractivity contribution in [2.24, 2.45) is 0 Å². The maximum atomic E-state index is 5.62. The molecule has 0 saturated carbocycles. The Bertz CT molecular complexity index is 435. The van der Waals surface area contributed by atoms with Crippen LogP contribution in [0.5, 0.6) is 0 Å². The lowest BCUT2D eigenvalue weighted by atomic mass is 10.5. The van der Waals surface area contributed by atoms with Gasteiger partial charge in [-0.1, -0.05) is 0 Å². The van der Waals surface area contributed by atoms with E-state index in [4.69, 9.17) is 5.73 Å². The first kappa shape index (κ1) is 8.31. The van der Waals surface area contributed by atoms with E-state index in [0.29, 0.717) is 11.3 Å². The fraction of sp³-hybridized carbons (Fsp3) is 0.286. The molecule has 6 heteroatoms. The fourth-order valence-electron chi connectivity index (χ4n) is 1.14. The number of aromatic nitrogens is 4. The lowest BCUT2D eigenvalue weighted by molar-refractivity contribution is 0.760. The molecule has 2 heterocycles. The van der Waals surface area contributed by atoms with Crippen molar-refractivity contribution >= 4 is 29.6 Å². The van der Waals surface area contributed by atoms with E-state index in [2.05, 4.69) is 27.6 Å². The van der Waals surface area contributed by atoms with Gasteiger partial charge in [0.05, 0.1) is 11.7 Å². The zero-order valence-corrected chi connectivity index (χ0v) is 7.94. The second kappa shape index (κ2) is 2.88. The van der Waals surface area contributed by atoms with E-state index in [9.17, 15) is 0 Å². The number of hydrogen-bond acceptors (Lipinski definition) is 5. The average Bonchev–Trinajstić information content (AvgIpc) is 2.48. The van der Waals surface area contributed by atoms with Gasteiger partial charge >= 0.3 is 0 Å². The molecular formula is C7H9N5S. The van der Waals surface area contributed by atoms with Crippen molar-refractivity contribution in [3.63, 3.8) is 0 Å². The molecule has 0 radical (unpaired) electrons. The van der Waals surface area contributed by atoms with E-state index < -0.39 is 0 Å². The smallest absolute Gasteiger partial charge is 0.166 e. The van der Waals surface area contributed by atoms with Gasteiger partial charge in [-0.25, -0.2) is 15.0 Å². The van der Waals surface area contributed by atoms with Gasteiger partial charge in [0.25, 0.3) is 0 Å². The Morgan fingerprint density at radius 1 is 1.46 bits per heavy atom. The van der Waals surface area contributed by atoms with Gasteiger partial charge in [-0.05, 0) is 6.92 Å². The molecule has 13 heavy (non-hydrogen) atoms. The summed E-state index contributed by atoms with van der Waals surface area (Å²) in [4.78, 5) is 12.0. The highest BCUT2D eigenvalue weighted by Crippen LogP contribution is 2.19. The van der Waals surface area contributed by atoms with Crippen LogP contribution in [-0.4, -0.2) is 19.5 Å². The average molecular weight is 195 g/mol. The summed E-state index contributed by atoms with van der Waals surface area (Å²) >= 11 is 4.29. The Balaban J connectivity index is 2.75. The minimum absolute atomic E-state index is 0.0271. The number of hydrogen-bond donors (Lipinski definition) is 2. The fourth-order valence-corrected chi connectivity index (χ4v) is 1.31. The maximum Gasteiger partial charge on any atom is 0.166 e. The predicted octanol–water partition coefficient (Wildman–Crippen LogP) is 0.857. The van der Waals surface area contributed by atoms with Gasteiger partial charge in [0.1, 0.15) is 11.8 Å². The van der Waals surface area contributed by atoms with Crippen LogP contribution in [0.2, 0.25) is 0 Å². The largest absolute Gasteiger partial charge is 0.382 e. The van der Waals surface area contributed by atoms with Gasteiger partial charge < -0.3 is 10.3 Å². The summed E-state index contributed by atoms with van der Waals surface area (Å²) in [6.07, 6.45) is 3.08. The molecule has 0 fully saturated rings. The van der Waals surface area contributed by atoms with E-state index in [1.807, 2.05) is 11.5 Å². The van der Waals surface area contributed by atoms with E-state index >= 15 is 0 Å². The summed E-state index contributed by atoms with van der Waals surface area (Å²) in [5, 5.41) is 0.0271. The van der Waals surface area contributed by atoms with Gasteiger partial charge in [-0.15, -0.1) is 0 Å². The Morgan fingerprint density at radius 2 is 2.23 bits per heavy atom. The van der Waals surface area contributed by atoms with Crippen LogP contribution in [0.25, 0.3) is 11.2 Å². The molecule has 0 aliphatic rings. The molecule has 68 valence electrons. The summed E-state index contributed by atoms with van der Waals surface area (Å²) < 4.78 is 1.83. The Hall–Kier alpha value is -1.30. The van der Waals surface area contributed by atoms with Crippen LogP contribution < -0.4 is 5.73 Å². The van der Waals surface area contributed by atoms with Crippen LogP contribution in [0.4, 0.5) is 5.82 Å². The van der Waals surface area contributed by atoms with E-state index in [0.717, 1.165) is 5.65 Å². The molecule has 0 spiro atoms. The zero-order chi connectivity index (χ0) is 9.42. The van der Waals surface area contributed by atoms with Crippen molar-refractivity contribution in [2.45, 2.75) is 12.3 Å². The van der Waals surface area contributed by atoms with Crippen LogP contribution in [0, 0.1) is 0 Å². The first-order chi connectivity index (χ1) is 6.20. The van der Waals surface area contributed by atoms with Crippen LogP contribution in [0.3, 0.4) is 0 Å². The van der Waals surface area contributed by atoms with E-state index in [1.54, 1.807) is 6.33 Å². The quantitative estimate of drug-likeness (QED) is 0.662. The third kappa shape index (κ3) is 1.23. The first-order valence-corrected chi connectivity index (χ1v) is 4.33. The normalized spacial score (nSPS) is 13.4. The molecule has 1 atom stereocenters. The third-order valence-electron chi connectivity index (χ3n) is 1.79. The molecule has 5 nitrogen and oxygen atoms in total. The lowest BCUT2D eigenvalue weighted by Crippen LogP contribution is -1.99. The summed E-state index contributed by atoms with van der Waals surface area (Å²) in [6, 6.07) is 0. The monoisotopic (exact) mass is 195 g/mol. The second-order valence-corrected chi connectivity index (χ2v) is 3.46. The molecule has 2 aromatic rings. The standard InChI is InChI=1S/C7H9N5S/c1-4(13)12-3-11-5-6(8)9-2-10-7(5)12/h2-4,13H,1H3,(H2,8,9,10). The summed E-state index contributed by atoms with van der Waals surface area (Å²) in [7, 11) is 0. The molecule has 0 aromatic carbocycles. The number of thiol groups is 1. The first-order valence-electron chi connectivity index (χ1n) is 3.81. The van der Waals surface area contributed by atoms with Crippen LogP contribution in [-0.2, 0) is 0 Å².